The molecule has 1 aliphatic carbocycles. The van der Waals surface area contributed by atoms with Crippen LogP contribution in [0.2, 0.25) is 0 Å². The molecule has 0 saturated heterocycles. The van der Waals surface area contributed by atoms with Gasteiger partial charge in [0.15, 0.2) is 0 Å². The summed E-state index contributed by atoms with van der Waals surface area (Å²) in [6, 6.07) is 2.97. The molecule has 2 aromatic rings. The van der Waals surface area contributed by atoms with Gasteiger partial charge in [-0.25, -0.2) is 28.1 Å². The molecule has 8 heteroatoms. The van der Waals surface area contributed by atoms with Crippen molar-refractivity contribution < 1.29 is 13.2 Å². The van der Waals surface area contributed by atoms with Crippen molar-refractivity contribution in [2.75, 3.05) is 11.3 Å². The van der Waals surface area contributed by atoms with Crippen LogP contribution in [-0.4, -0.2) is 30.0 Å². The summed E-state index contributed by atoms with van der Waals surface area (Å²) >= 11 is 0. The van der Waals surface area contributed by atoms with Gasteiger partial charge >= 0.3 is 0 Å². The van der Waals surface area contributed by atoms with Crippen molar-refractivity contribution in [2.45, 2.75) is 44.4 Å². The average Bonchev–Trinajstić information content (AvgIpc) is 2.55. The Kier molecular flexibility index (Phi) is 4.66. The minimum Gasteiger partial charge on any atom is -0.478 e. The number of nitrogens with zero attached hydrogens (tertiary/aromatic N) is 3. The Balaban J connectivity index is 1.85. The number of rotatable bonds is 5. The molecule has 2 heterocycles. The van der Waals surface area contributed by atoms with E-state index in [1.54, 1.807) is 0 Å². The van der Waals surface area contributed by atoms with Crippen molar-refractivity contribution in [3.63, 3.8) is 0 Å². The molecule has 7 nitrogen and oxygen atoms in total. The first-order chi connectivity index (χ1) is 11.5. The number of sulfonamides is 1. The van der Waals surface area contributed by atoms with Crippen LogP contribution in [-0.2, 0) is 22.9 Å². The van der Waals surface area contributed by atoms with Crippen molar-refractivity contribution in [3.8, 4) is 5.88 Å². The van der Waals surface area contributed by atoms with Crippen molar-refractivity contribution in [1.82, 2.24) is 15.0 Å². The lowest BCUT2D eigenvalue weighted by Crippen LogP contribution is -2.18. The molecule has 3 rings (SSSR count). The van der Waals surface area contributed by atoms with Crippen LogP contribution in [0.5, 0.6) is 5.88 Å². The zero-order valence-corrected chi connectivity index (χ0v) is 14.6. The number of fused-ring (bicyclic) bond motifs is 1. The van der Waals surface area contributed by atoms with Crippen LogP contribution in [0.25, 0.3) is 0 Å². The summed E-state index contributed by atoms with van der Waals surface area (Å²) < 4.78 is 32.6. The molecule has 128 valence electrons. The van der Waals surface area contributed by atoms with Gasteiger partial charge in [-0.05, 0) is 51.2 Å². The van der Waals surface area contributed by atoms with Gasteiger partial charge in [-0.1, -0.05) is 0 Å². The average molecular weight is 348 g/mol. The fraction of sp³-hybridized carbons (Fsp3) is 0.438. The molecule has 0 bridgehead atoms. The third-order valence-electron chi connectivity index (χ3n) is 3.93. The van der Waals surface area contributed by atoms with Gasteiger partial charge < -0.3 is 4.74 Å². The maximum atomic E-state index is 12.5. The third kappa shape index (κ3) is 3.48. The summed E-state index contributed by atoms with van der Waals surface area (Å²) in [4.78, 5) is 12.7. The highest BCUT2D eigenvalue weighted by molar-refractivity contribution is 7.92. The van der Waals surface area contributed by atoms with Crippen LogP contribution >= 0.6 is 0 Å². The van der Waals surface area contributed by atoms with E-state index in [-0.39, 0.29) is 10.8 Å². The van der Waals surface area contributed by atoms with Crippen molar-refractivity contribution >= 4 is 16.0 Å². The largest absolute Gasteiger partial charge is 0.478 e. The molecule has 0 aliphatic heterocycles. The Hall–Kier alpha value is -2.22. The van der Waals surface area contributed by atoms with Crippen LogP contribution in [0, 0.1) is 6.92 Å². The maximum absolute atomic E-state index is 12.5. The highest BCUT2D eigenvalue weighted by Crippen LogP contribution is 2.24. The van der Waals surface area contributed by atoms with E-state index >= 15 is 0 Å². The highest BCUT2D eigenvalue weighted by Gasteiger charge is 2.20. The number of hydrogen-bond acceptors (Lipinski definition) is 6. The van der Waals surface area contributed by atoms with Crippen molar-refractivity contribution in [3.05, 3.63) is 35.3 Å². The smallest absolute Gasteiger partial charge is 0.265 e. The molecule has 24 heavy (non-hydrogen) atoms. The second-order valence-electron chi connectivity index (χ2n) is 5.64. The van der Waals surface area contributed by atoms with E-state index in [2.05, 4.69) is 19.7 Å². The van der Waals surface area contributed by atoms with Crippen LogP contribution < -0.4 is 9.46 Å². The lowest BCUT2D eigenvalue weighted by molar-refractivity contribution is 0.326. The number of nitrogens with one attached hydrogen (secondary N) is 1. The predicted octanol–water partition coefficient (Wildman–Crippen LogP) is 2.26. The van der Waals surface area contributed by atoms with Gasteiger partial charge in [-0.2, -0.15) is 0 Å². The maximum Gasteiger partial charge on any atom is 0.265 e. The number of aryl methyl sites for hydroxylation is 2. The third-order valence-corrected chi connectivity index (χ3v) is 5.24. The minimum atomic E-state index is -3.78. The quantitative estimate of drug-likeness (QED) is 0.891. The fourth-order valence-electron chi connectivity index (χ4n) is 2.77. The molecule has 0 radical (unpaired) electrons. The first kappa shape index (κ1) is 16.6. The summed E-state index contributed by atoms with van der Waals surface area (Å²) in [5.74, 6) is 0.499. The van der Waals surface area contributed by atoms with E-state index in [1.807, 2.05) is 13.8 Å². The number of anilines is 1. The summed E-state index contributed by atoms with van der Waals surface area (Å²) in [5, 5.41) is 0. The van der Waals surface area contributed by atoms with Gasteiger partial charge in [-0.15, -0.1) is 0 Å². The Morgan fingerprint density at radius 3 is 2.71 bits per heavy atom. The van der Waals surface area contributed by atoms with E-state index in [0.717, 1.165) is 42.6 Å². The highest BCUT2D eigenvalue weighted by atomic mass is 32.2. The fourth-order valence-corrected chi connectivity index (χ4v) is 3.65. The van der Waals surface area contributed by atoms with Crippen LogP contribution in [0.4, 0.5) is 5.95 Å². The van der Waals surface area contributed by atoms with Gasteiger partial charge in [0, 0.05) is 17.5 Å². The first-order valence-electron chi connectivity index (χ1n) is 7.97. The Morgan fingerprint density at radius 2 is 2.00 bits per heavy atom. The molecule has 1 aliphatic rings. The van der Waals surface area contributed by atoms with E-state index in [9.17, 15) is 8.42 Å². The predicted molar refractivity (Wildman–Crippen MR) is 89.6 cm³/mol. The lowest BCUT2D eigenvalue weighted by atomic mass is 9.95. The van der Waals surface area contributed by atoms with Gasteiger partial charge in [0.1, 0.15) is 4.90 Å². The topological polar surface area (TPSA) is 94.1 Å². The Bertz CT molecular complexity index is 835. The summed E-state index contributed by atoms with van der Waals surface area (Å²) in [5.41, 5.74) is 2.92. The molecule has 0 fully saturated rings. The minimum absolute atomic E-state index is 0.0462. The monoisotopic (exact) mass is 348 g/mol. The second kappa shape index (κ2) is 6.72. The molecule has 0 spiro atoms. The molecular weight excluding hydrogens is 328 g/mol. The molecule has 0 unspecified atom stereocenters. The van der Waals surface area contributed by atoms with Crippen molar-refractivity contribution in [1.29, 1.82) is 0 Å². The number of hydrogen-bond donors (Lipinski definition) is 1. The van der Waals surface area contributed by atoms with Crippen LogP contribution in [0.15, 0.2) is 23.2 Å². The summed E-state index contributed by atoms with van der Waals surface area (Å²) in [7, 11) is -3.78. The van der Waals surface area contributed by atoms with Crippen molar-refractivity contribution in [2.24, 2.45) is 0 Å². The number of ether oxygens (including phenoxy) is 1. The standard InChI is InChI=1S/C16H20N4O3S/c1-3-23-15-9-8-12(10-17-15)24(21,22)20-16-18-11(2)13-6-4-5-7-14(13)19-16/h8-10H,3-7H2,1-2H3,(H,18,19,20). The normalized spacial score (nSPS) is 14.1. The van der Waals surface area contributed by atoms with E-state index in [1.165, 1.54) is 18.3 Å². The zero-order chi connectivity index (χ0) is 17.2. The van der Waals surface area contributed by atoms with Crippen LogP contribution in [0.3, 0.4) is 0 Å². The molecule has 0 aromatic carbocycles. The van der Waals surface area contributed by atoms with Gasteiger partial charge in [0.05, 0.1) is 12.8 Å². The molecule has 2 aromatic heterocycles. The number of pyridine rings is 1. The Morgan fingerprint density at radius 1 is 1.21 bits per heavy atom. The summed E-state index contributed by atoms with van der Waals surface area (Å²) in [6.07, 6.45) is 5.27. The van der Waals surface area contributed by atoms with Gasteiger partial charge in [-0.3, -0.25) is 0 Å². The molecule has 0 amide bonds. The van der Waals surface area contributed by atoms with E-state index in [0.29, 0.717) is 12.5 Å². The summed E-state index contributed by atoms with van der Waals surface area (Å²) in [6.45, 7) is 4.20. The SMILES string of the molecule is CCOc1ccc(S(=O)(=O)Nc2nc(C)c3c(n2)CCCC3)cn1. The van der Waals surface area contributed by atoms with E-state index < -0.39 is 10.0 Å². The lowest BCUT2D eigenvalue weighted by Gasteiger charge is -2.17. The van der Waals surface area contributed by atoms with E-state index in [4.69, 9.17) is 4.74 Å². The Labute approximate surface area is 141 Å². The van der Waals surface area contributed by atoms with Gasteiger partial charge in [0.25, 0.3) is 10.0 Å². The van der Waals surface area contributed by atoms with Gasteiger partial charge in [0.2, 0.25) is 11.8 Å². The first-order valence-corrected chi connectivity index (χ1v) is 9.46. The van der Waals surface area contributed by atoms with Crippen LogP contribution in [0.1, 0.15) is 36.7 Å². The molecule has 1 N–H and O–H groups in total. The second-order valence-corrected chi connectivity index (χ2v) is 7.32. The number of aromatic nitrogens is 3. The molecule has 0 saturated carbocycles. The molecule has 0 atom stereocenters. The zero-order valence-electron chi connectivity index (χ0n) is 13.7. The molecular formula is C16H20N4O3S.